The monoisotopic (exact) mass is 366 g/mol. The lowest BCUT2D eigenvalue weighted by molar-refractivity contribution is -0.383. The molecule has 9 heteroatoms. The van der Waals surface area contributed by atoms with Gasteiger partial charge in [0.15, 0.2) is 11.5 Å². The second kappa shape index (κ2) is 6.98. The van der Waals surface area contributed by atoms with E-state index in [4.69, 9.17) is 9.47 Å². The van der Waals surface area contributed by atoms with Crippen LogP contribution >= 0.6 is 0 Å². The molecule has 0 amide bonds. The maximum absolute atomic E-state index is 12.6. The number of ether oxygens (including phenoxy) is 2. The van der Waals surface area contributed by atoms with Crippen LogP contribution in [0, 0.1) is 24.0 Å². The lowest BCUT2D eigenvalue weighted by atomic mass is 10.1. The van der Waals surface area contributed by atoms with Crippen molar-refractivity contribution in [2.24, 2.45) is 0 Å². The van der Waals surface area contributed by atoms with Crippen molar-refractivity contribution < 1.29 is 22.8 Å². The van der Waals surface area contributed by atoms with Gasteiger partial charge >= 0.3 is 0 Å². The van der Waals surface area contributed by atoms with Gasteiger partial charge in [-0.25, -0.2) is 8.42 Å². The van der Waals surface area contributed by atoms with E-state index < -0.39 is 14.9 Å². The Morgan fingerprint density at radius 3 is 2.16 bits per heavy atom. The van der Waals surface area contributed by atoms with Crippen LogP contribution in [0.3, 0.4) is 0 Å². The molecule has 2 rings (SSSR count). The molecular weight excluding hydrogens is 348 g/mol. The number of methoxy groups -OCH3 is 2. The van der Waals surface area contributed by atoms with Gasteiger partial charge in [0.25, 0.3) is 15.7 Å². The predicted molar refractivity (Wildman–Crippen MR) is 92.9 cm³/mol. The molecular formula is C16H18N2O6S. The number of hydrogen-bond acceptors (Lipinski definition) is 6. The summed E-state index contributed by atoms with van der Waals surface area (Å²) >= 11 is 0. The van der Waals surface area contributed by atoms with Crippen molar-refractivity contribution in [2.45, 2.75) is 18.7 Å². The molecule has 0 heterocycles. The first-order chi connectivity index (χ1) is 11.7. The van der Waals surface area contributed by atoms with Crippen LogP contribution in [0.1, 0.15) is 11.1 Å². The summed E-state index contributed by atoms with van der Waals surface area (Å²) in [7, 11) is -1.23. The lowest BCUT2D eigenvalue weighted by Crippen LogP contribution is -2.14. The van der Waals surface area contributed by atoms with Gasteiger partial charge in [0, 0.05) is 12.1 Å². The predicted octanol–water partition coefficient (Wildman–Crippen LogP) is 3.03. The van der Waals surface area contributed by atoms with Gasteiger partial charge in [-0.05, 0) is 43.2 Å². The molecule has 0 radical (unpaired) electrons. The molecule has 8 nitrogen and oxygen atoms in total. The number of nitro groups is 1. The Labute approximate surface area is 145 Å². The highest BCUT2D eigenvalue weighted by Gasteiger charge is 2.23. The van der Waals surface area contributed by atoms with Crippen molar-refractivity contribution in [3.05, 3.63) is 51.6 Å². The highest BCUT2D eigenvalue weighted by molar-refractivity contribution is 7.92. The summed E-state index contributed by atoms with van der Waals surface area (Å²) in [4.78, 5) is 10.5. The number of anilines is 1. The minimum absolute atomic E-state index is 0.0946. The Morgan fingerprint density at radius 1 is 1.00 bits per heavy atom. The fourth-order valence-electron chi connectivity index (χ4n) is 2.22. The Balaban J connectivity index is 2.49. The fraction of sp³-hybridized carbons (Fsp3) is 0.250. The van der Waals surface area contributed by atoms with Gasteiger partial charge in [-0.3, -0.25) is 14.8 Å². The summed E-state index contributed by atoms with van der Waals surface area (Å²) in [5.74, 6) is 0.610. The molecule has 134 valence electrons. The number of benzene rings is 2. The van der Waals surface area contributed by atoms with Crippen molar-refractivity contribution in [2.75, 3.05) is 18.9 Å². The van der Waals surface area contributed by atoms with E-state index in [1.54, 1.807) is 13.8 Å². The van der Waals surface area contributed by atoms with Gasteiger partial charge in [-0.2, -0.15) is 0 Å². The highest BCUT2D eigenvalue weighted by Crippen LogP contribution is 2.33. The molecule has 0 aliphatic rings. The fourth-order valence-corrected chi connectivity index (χ4v) is 3.30. The summed E-state index contributed by atoms with van der Waals surface area (Å²) in [5, 5.41) is 11.2. The van der Waals surface area contributed by atoms with E-state index in [0.717, 1.165) is 5.56 Å². The van der Waals surface area contributed by atoms with Crippen LogP contribution in [0.5, 0.6) is 11.5 Å². The van der Waals surface area contributed by atoms with E-state index in [0.29, 0.717) is 11.3 Å². The zero-order valence-electron chi connectivity index (χ0n) is 14.2. The second-order valence-corrected chi connectivity index (χ2v) is 7.02. The van der Waals surface area contributed by atoms with Crippen molar-refractivity contribution in [3.8, 4) is 11.5 Å². The first-order valence-corrected chi connectivity index (χ1v) is 8.68. The molecule has 25 heavy (non-hydrogen) atoms. The van der Waals surface area contributed by atoms with Crippen molar-refractivity contribution in [1.82, 2.24) is 0 Å². The van der Waals surface area contributed by atoms with Crippen molar-refractivity contribution in [3.63, 3.8) is 0 Å². The maximum atomic E-state index is 12.6. The normalized spacial score (nSPS) is 11.0. The zero-order valence-corrected chi connectivity index (χ0v) is 15.0. The number of nitrogens with zero attached hydrogens (tertiary/aromatic N) is 1. The van der Waals surface area contributed by atoms with Crippen molar-refractivity contribution in [1.29, 1.82) is 0 Å². The molecule has 0 aliphatic carbocycles. The average Bonchev–Trinajstić information content (AvgIpc) is 2.56. The van der Waals surface area contributed by atoms with Crippen LogP contribution in [0.15, 0.2) is 35.2 Å². The molecule has 0 aromatic heterocycles. The van der Waals surface area contributed by atoms with Crippen LogP contribution < -0.4 is 14.2 Å². The third-order valence-electron chi connectivity index (χ3n) is 3.72. The quantitative estimate of drug-likeness (QED) is 0.622. The minimum Gasteiger partial charge on any atom is -0.493 e. The Kier molecular flexibility index (Phi) is 5.17. The van der Waals surface area contributed by atoms with Gasteiger partial charge in [0.1, 0.15) is 5.69 Å². The van der Waals surface area contributed by atoms with E-state index in [9.17, 15) is 18.5 Å². The molecule has 0 unspecified atom stereocenters. The number of sulfonamides is 1. The summed E-state index contributed by atoms with van der Waals surface area (Å²) in [6.07, 6.45) is 0. The largest absolute Gasteiger partial charge is 0.493 e. The number of nitrogens with one attached hydrogen (secondary N) is 1. The summed E-state index contributed by atoms with van der Waals surface area (Å²) in [6, 6.07) is 6.83. The second-order valence-electron chi connectivity index (χ2n) is 5.33. The Morgan fingerprint density at radius 2 is 1.60 bits per heavy atom. The molecule has 0 bridgehead atoms. The van der Waals surface area contributed by atoms with Crippen LogP contribution in [0.4, 0.5) is 11.4 Å². The van der Waals surface area contributed by atoms with Crippen LogP contribution in [-0.4, -0.2) is 27.6 Å². The molecule has 0 fully saturated rings. The number of nitro benzene ring substituents is 1. The van der Waals surface area contributed by atoms with Gasteiger partial charge in [0.2, 0.25) is 0 Å². The van der Waals surface area contributed by atoms with Crippen LogP contribution in [0.2, 0.25) is 0 Å². The van der Waals surface area contributed by atoms with Gasteiger partial charge < -0.3 is 9.47 Å². The molecule has 0 saturated carbocycles. The van der Waals surface area contributed by atoms with E-state index in [1.165, 1.54) is 44.6 Å². The first kappa shape index (κ1) is 18.5. The molecule has 1 N–H and O–H groups in total. The third-order valence-corrected chi connectivity index (χ3v) is 5.08. The lowest BCUT2D eigenvalue weighted by Gasteiger charge is -2.13. The summed E-state index contributed by atoms with van der Waals surface area (Å²) in [5.41, 5.74) is 1.02. The molecule has 2 aromatic carbocycles. The summed E-state index contributed by atoms with van der Waals surface area (Å²) < 4.78 is 37.7. The highest BCUT2D eigenvalue weighted by atomic mass is 32.2. The Bertz CT molecular complexity index is 924. The molecule has 2 aromatic rings. The third kappa shape index (κ3) is 3.82. The van der Waals surface area contributed by atoms with Gasteiger partial charge in [-0.15, -0.1) is 0 Å². The standard InChI is InChI=1S/C16H18N2O6S/c1-10-7-13(14(18(19)20)8-11(10)2)17-25(21,22)12-5-6-15(23-3)16(9-12)24-4/h5-9,17H,1-4H3. The van der Waals surface area contributed by atoms with Gasteiger partial charge in [0.05, 0.1) is 24.0 Å². The van der Waals surface area contributed by atoms with E-state index in [1.807, 2.05) is 0 Å². The smallest absolute Gasteiger partial charge is 0.293 e. The number of aryl methyl sites for hydroxylation is 2. The van der Waals surface area contributed by atoms with Gasteiger partial charge in [-0.1, -0.05) is 0 Å². The number of hydrogen-bond donors (Lipinski definition) is 1. The summed E-state index contributed by atoms with van der Waals surface area (Å²) in [6.45, 7) is 3.46. The van der Waals surface area contributed by atoms with E-state index in [-0.39, 0.29) is 22.0 Å². The maximum Gasteiger partial charge on any atom is 0.293 e. The topological polar surface area (TPSA) is 108 Å². The zero-order chi connectivity index (χ0) is 18.8. The molecule has 0 spiro atoms. The SMILES string of the molecule is COc1ccc(S(=O)(=O)Nc2cc(C)c(C)cc2[N+](=O)[O-])cc1OC. The van der Waals surface area contributed by atoms with E-state index >= 15 is 0 Å². The average molecular weight is 366 g/mol. The molecule has 0 aliphatic heterocycles. The Hall–Kier alpha value is -2.81. The first-order valence-electron chi connectivity index (χ1n) is 7.20. The molecule has 0 atom stereocenters. The van der Waals surface area contributed by atoms with Crippen LogP contribution in [-0.2, 0) is 10.0 Å². The molecule has 0 saturated heterocycles. The van der Waals surface area contributed by atoms with Crippen molar-refractivity contribution >= 4 is 21.4 Å². The number of rotatable bonds is 6. The van der Waals surface area contributed by atoms with E-state index in [2.05, 4.69) is 4.72 Å². The minimum atomic E-state index is -4.05. The van der Waals surface area contributed by atoms with Crippen LogP contribution in [0.25, 0.3) is 0 Å².